The fourth-order valence-corrected chi connectivity index (χ4v) is 4.19. The molecule has 0 bridgehead atoms. The Morgan fingerprint density at radius 3 is 2.62 bits per heavy atom. The maximum Gasteiger partial charge on any atom is 0.132 e. The zero-order valence-corrected chi connectivity index (χ0v) is 15.1. The highest BCUT2D eigenvalue weighted by molar-refractivity contribution is 7.18. The van der Waals surface area contributed by atoms with E-state index in [1.165, 1.54) is 0 Å². The predicted octanol–water partition coefficient (Wildman–Crippen LogP) is 4.71. The van der Waals surface area contributed by atoms with Crippen LogP contribution in [0.2, 0.25) is 0 Å². The molecular formula is C21H18N2O2S. The molecule has 0 aliphatic carbocycles. The molecule has 5 heteroatoms. The first-order valence-electron chi connectivity index (χ1n) is 8.21. The van der Waals surface area contributed by atoms with E-state index in [4.69, 9.17) is 10.5 Å². The summed E-state index contributed by atoms with van der Waals surface area (Å²) in [6.45, 7) is 0.0364. The third kappa shape index (κ3) is 2.81. The third-order valence-electron chi connectivity index (χ3n) is 4.45. The van der Waals surface area contributed by atoms with Crippen LogP contribution in [-0.4, -0.2) is 17.2 Å². The molecule has 0 fully saturated rings. The van der Waals surface area contributed by atoms with Crippen LogP contribution in [0.5, 0.6) is 5.75 Å². The van der Waals surface area contributed by atoms with Gasteiger partial charge in [-0.15, -0.1) is 11.3 Å². The maximum absolute atomic E-state index is 9.24. The number of aliphatic hydroxyl groups is 1. The molecule has 0 amide bonds. The van der Waals surface area contributed by atoms with Gasteiger partial charge in [-0.3, -0.25) is 0 Å². The Morgan fingerprint density at radius 1 is 1.08 bits per heavy atom. The van der Waals surface area contributed by atoms with Crippen molar-refractivity contribution in [3.8, 4) is 28.0 Å². The molecule has 26 heavy (non-hydrogen) atoms. The molecule has 3 N–H and O–H groups in total. The number of fused-ring (bicyclic) bond motifs is 1. The lowest BCUT2D eigenvalue weighted by Gasteiger charge is -2.08. The number of pyridine rings is 1. The summed E-state index contributed by atoms with van der Waals surface area (Å²) in [5.41, 5.74) is 11.3. The molecule has 0 saturated heterocycles. The summed E-state index contributed by atoms with van der Waals surface area (Å²) in [4.78, 5) is 4.43. The van der Waals surface area contributed by atoms with Crippen LogP contribution in [0.1, 0.15) is 5.56 Å². The van der Waals surface area contributed by atoms with Crippen LogP contribution < -0.4 is 10.5 Å². The normalized spacial score (nSPS) is 11.0. The van der Waals surface area contributed by atoms with Gasteiger partial charge in [-0.25, -0.2) is 4.98 Å². The van der Waals surface area contributed by atoms with Crippen molar-refractivity contribution in [3.63, 3.8) is 0 Å². The van der Waals surface area contributed by atoms with E-state index >= 15 is 0 Å². The minimum Gasteiger partial charge on any atom is -0.497 e. The van der Waals surface area contributed by atoms with Gasteiger partial charge >= 0.3 is 0 Å². The second-order valence-corrected chi connectivity index (χ2v) is 6.88. The van der Waals surface area contributed by atoms with Crippen LogP contribution in [0.3, 0.4) is 0 Å². The second kappa shape index (κ2) is 6.78. The van der Waals surface area contributed by atoms with Gasteiger partial charge in [-0.05, 0) is 34.2 Å². The number of hydrogen-bond acceptors (Lipinski definition) is 5. The first kappa shape index (κ1) is 16.6. The molecule has 4 nitrogen and oxygen atoms in total. The lowest BCUT2D eigenvalue weighted by Crippen LogP contribution is -1.93. The number of anilines is 1. The first-order chi connectivity index (χ1) is 12.7. The van der Waals surface area contributed by atoms with E-state index in [1.54, 1.807) is 18.4 Å². The van der Waals surface area contributed by atoms with E-state index in [0.717, 1.165) is 43.7 Å². The number of ether oxygens (including phenoxy) is 1. The zero-order chi connectivity index (χ0) is 18.1. The van der Waals surface area contributed by atoms with Gasteiger partial charge in [0.15, 0.2) is 0 Å². The van der Waals surface area contributed by atoms with Crippen molar-refractivity contribution in [2.24, 2.45) is 0 Å². The Hall–Kier alpha value is -2.89. The van der Waals surface area contributed by atoms with E-state index < -0.39 is 0 Å². The lowest BCUT2D eigenvalue weighted by atomic mass is 10.0. The van der Waals surface area contributed by atoms with Gasteiger partial charge in [0.05, 0.1) is 13.7 Å². The third-order valence-corrected chi connectivity index (χ3v) is 5.47. The SMILES string of the molecule is COc1cccc(-c2csc3c(-c4ccc(CO)cc4)cnc(N)c23)c1. The largest absolute Gasteiger partial charge is 0.497 e. The number of aromatic nitrogens is 1. The molecule has 4 rings (SSSR count). The molecule has 2 heterocycles. The number of methoxy groups -OCH3 is 1. The van der Waals surface area contributed by atoms with Gasteiger partial charge in [0.2, 0.25) is 0 Å². The fourth-order valence-electron chi connectivity index (χ4n) is 3.07. The Labute approximate surface area is 155 Å². The molecule has 0 aliphatic rings. The highest BCUT2D eigenvalue weighted by atomic mass is 32.1. The predicted molar refractivity (Wildman–Crippen MR) is 107 cm³/mol. The quantitative estimate of drug-likeness (QED) is 0.551. The van der Waals surface area contributed by atoms with Crippen molar-refractivity contribution in [1.29, 1.82) is 0 Å². The average Bonchev–Trinajstić information content (AvgIpc) is 3.14. The van der Waals surface area contributed by atoms with Gasteiger partial charge in [0, 0.05) is 27.4 Å². The van der Waals surface area contributed by atoms with Gasteiger partial charge < -0.3 is 15.6 Å². The van der Waals surface area contributed by atoms with E-state index in [9.17, 15) is 5.11 Å². The Balaban J connectivity index is 1.90. The summed E-state index contributed by atoms with van der Waals surface area (Å²) in [6, 6.07) is 15.8. The minimum absolute atomic E-state index is 0.0364. The number of benzene rings is 2. The van der Waals surface area contributed by atoms with E-state index in [1.807, 2.05) is 54.7 Å². The Kier molecular flexibility index (Phi) is 4.32. The molecule has 0 saturated carbocycles. The molecule has 0 atom stereocenters. The summed E-state index contributed by atoms with van der Waals surface area (Å²) in [7, 11) is 1.66. The van der Waals surface area contributed by atoms with Crippen LogP contribution in [-0.2, 0) is 6.61 Å². The lowest BCUT2D eigenvalue weighted by molar-refractivity contribution is 0.282. The molecule has 0 aliphatic heterocycles. The number of nitrogen functional groups attached to an aromatic ring is 1. The van der Waals surface area contributed by atoms with E-state index in [0.29, 0.717) is 5.82 Å². The summed E-state index contributed by atoms with van der Waals surface area (Å²) >= 11 is 1.66. The Morgan fingerprint density at radius 2 is 1.88 bits per heavy atom. The average molecular weight is 362 g/mol. The van der Waals surface area contributed by atoms with Crippen LogP contribution >= 0.6 is 11.3 Å². The van der Waals surface area contributed by atoms with Gasteiger partial charge in [0.1, 0.15) is 11.6 Å². The molecule has 0 radical (unpaired) electrons. The number of nitrogens with two attached hydrogens (primary N) is 1. The van der Waals surface area contributed by atoms with Crippen LogP contribution in [0.15, 0.2) is 60.1 Å². The zero-order valence-electron chi connectivity index (χ0n) is 14.3. The molecular weight excluding hydrogens is 344 g/mol. The van der Waals surface area contributed by atoms with Crippen LogP contribution in [0.4, 0.5) is 5.82 Å². The fraction of sp³-hybridized carbons (Fsp3) is 0.0952. The monoisotopic (exact) mass is 362 g/mol. The number of nitrogens with zero attached hydrogens (tertiary/aromatic N) is 1. The smallest absolute Gasteiger partial charge is 0.132 e. The standard InChI is InChI=1S/C21H18N2O2S/c1-25-16-4-2-3-15(9-16)18-12-26-20-17(10-23-21(22)19(18)20)14-7-5-13(11-24)6-8-14/h2-10,12,24H,11H2,1H3,(H2,22,23). The summed E-state index contributed by atoms with van der Waals surface area (Å²) in [6.07, 6.45) is 1.82. The molecule has 2 aromatic carbocycles. The van der Waals surface area contributed by atoms with Gasteiger partial charge in [-0.1, -0.05) is 36.4 Å². The number of aliphatic hydroxyl groups excluding tert-OH is 1. The number of rotatable bonds is 4. The summed E-state index contributed by atoms with van der Waals surface area (Å²) < 4.78 is 6.45. The van der Waals surface area contributed by atoms with E-state index in [2.05, 4.69) is 10.4 Å². The number of thiophene rings is 1. The Bertz CT molecular complexity index is 1070. The first-order valence-corrected chi connectivity index (χ1v) is 9.09. The summed E-state index contributed by atoms with van der Waals surface area (Å²) in [5, 5.41) is 12.3. The van der Waals surface area contributed by atoms with E-state index in [-0.39, 0.29) is 6.61 Å². The summed E-state index contributed by atoms with van der Waals surface area (Å²) in [5.74, 6) is 1.33. The maximum atomic E-state index is 9.24. The second-order valence-electron chi connectivity index (χ2n) is 6.00. The van der Waals surface area contributed by atoms with Crippen molar-refractivity contribution in [2.45, 2.75) is 6.61 Å². The van der Waals surface area contributed by atoms with Crippen LogP contribution in [0.25, 0.3) is 32.3 Å². The molecule has 130 valence electrons. The highest BCUT2D eigenvalue weighted by Gasteiger charge is 2.15. The molecule has 2 aromatic heterocycles. The van der Waals surface area contributed by atoms with Gasteiger partial charge in [-0.2, -0.15) is 0 Å². The van der Waals surface area contributed by atoms with Crippen molar-refractivity contribution in [1.82, 2.24) is 4.98 Å². The van der Waals surface area contributed by atoms with Gasteiger partial charge in [0.25, 0.3) is 0 Å². The minimum atomic E-state index is 0.0364. The van der Waals surface area contributed by atoms with Crippen LogP contribution in [0, 0.1) is 0 Å². The van der Waals surface area contributed by atoms with Crippen molar-refractivity contribution < 1.29 is 9.84 Å². The van der Waals surface area contributed by atoms with Crippen molar-refractivity contribution in [3.05, 3.63) is 65.7 Å². The molecule has 0 spiro atoms. The molecule has 4 aromatic rings. The highest BCUT2D eigenvalue weighted by Crippen LogP contribution is 2.42. The topological polar surface area (TPSA) is 68.4 Å². The molecule has 0 unspecified atom stereocenters. The van der Waals surface area contributed by atoms with Crippen molar-refractivity contribution >= 4 is 27.2 Å². The number of hydrogen-bond donors (Lipinski definition) is 2. The van der Waals surface area contributed by atoms with Crippen molar-refractivity contribution in [2.75, 3.05) is 12.8 Å².